The highest BCUT2D eigenvalue weighted by molar-refractivity contribution is 6.02. The van der Waals surface area contributed by atoms with Gasteiger partial charge in [-0.3, -0.25) is 4.79 Å². The molecule has 6 heteroatoms. The number of aliphatic hydroxyl groups excluding tert-OH is 1. The molecule has 2 rings (SSSR count). The lowest BCUT2D eigenvalue weighted by molar-refractivity contribution is 0.102. The highest BCUT2D eigenvalue weighted by Crippen LogP contribution is 2.18. The van der Waals surface area contributed by atoms with Crippen LogP contribution in [0.5, 0.6) is 0 Å². The highest BCUT2D eigenvalue weighted by atomic mass is 16.3. The van der Waals surface area contributed by atoms with Crippen molar-refractivity contribution in [1.82, 2.24) is 4.98 Å². The van der Waals surface area contributed by atoms with Crippen molar-refractivity contribution in [3.05, 3.63) is 47.7 Å². The quantitative estimate of drug-likeness (QED) is 0.782. The fourth-order valence-corrected chi connectivity index (χ4v) is 1.79. The zero-order chi connectivity index (χ0) is 15.4. The maximum absolute atomic E-state index is 12.0. The number of hydrogen-bond donors (Lipinski definition) is 3. The van der Waals surface area contributed by atoms with Gasteiger partial charge in [-0.1, -0.05) is 26.0 Å². The molecule has 0 fully saturated rings. The predicted molar refractivity (Wildman–Crippen MR) is 79.0 cm³/mol. The number of anilines is 1. The molecule has 0 aliphatic carbocycles. The van der Waals surface area contributed by atoms with E-state index in [1.54, 1.807) is 0 Å². The number of carbonyl (C=O) groups excluding carboxylic acids is 1. The summed E-state index contributed by atoms with van der Waals surface area (Å²) in [7, 11) is 0. The second-order valence-electron chi connectivity index (χ2n) is 5.09. The Bertz CT molecular complexity index is 605. The Morgan fingerprint density at radius 2 is 2.05 bits per heavy atom. The number of oxazole rings is 1. The Kier molecular flexibility index (Phi) is 4.72. The molecule has 2 aromatic rings. The zero-order valence-electron chi connectivity index (χ0n) is 12.0. The number of nitrogens with zero attached hydrogens (tertiary/aromatic N) is 1. The lowest BCUT2D eigenvalue weighted by Gasteiger charge is -2.07. The number of aliphatic hydroxyl groups is 1. The summed E-state index contributed by atoms with van der Waals surface area (Å²) in [6.07, 6.45) is 1.22. The molecule has 1 amide bonds. The average molecular weight is 289 g/mol. The summed E-state index contributed by atoms with van der Waals surface area (Å²) in [5.74, 6) is 0.193. The van der Waals surface area contributed by atoms with Crippen molar-refractivity contribution < 1.29 is 14.3 Å². The van der Waals surface area contributed by atoms with Gasteiger partial charge < -0.3 is 20.6 Å². The molecule has 4 N–H and O–H groups in total. The molecule has 1 unspecified atom stereocenters. The summed E-state index contributed by atoms with van der Waals surface area (Å²) in [4.78, 5) is 16.0. The molecule has 21 heavy (non-hydrogen) atoms. The lowest BCUT2D eigenvalue weighted by atomic mass is 10.0. The largest absolute Gasteiger partial charge is 0.446 e. The number of aromatic nitrogens is 1. The van der Waals surface area contributed by atoms with Gasteiger partial charge in [0.2, 0.25) is 5.89 Å². The van der Waals surface area contributed by atoms with E-state index in [-0.39, 0.29) is 24.1 Å². The first kappa shape index (κ1) is 15.2. The molecule has 0 spiro atoms. The van der Waals surface area contributed by atoms with Gasteiger partial charge in [0.1, 0.15) is 12.3 Å². The van der Waals surface area contributed by atoms with Crippen molar-refractivity contribution in [3.63, 3.8) is 0 Å². The van der Waals surface area contributed by atoms with Gasteiger partial charge in [-0.15, -0.1) is 0 Å². The Hall–Kier alpha value is -2.18. The standard InChI is InChI=1S/C15H19N3O3/c1-9(2)10-3-5-11(6-4-10)17-14(20)13-8-21-15(18-13)12(16)7-19/h3-6,8-9,12,19H,7,16H2,1-2H3,(H,17,20). The number of nitrogens with one attached hydrogen (secondary N) is 1. The first-order chi connectivity index (χ1) is 10.0. The summed E-state index contributed by atoms with van der Waals surface area (Å²) in [6.45, 7) is 3.92. The van der Waals surface area contributed by atoms with Gasteiger partial charge in [0.05, 0.1) is 6.61 Å². The molecular formula is C15H19N3O3. The second kappa shape index (κ2) is 6.51. The Morgan fingerprint density at radius 1 is 1.38 bits per heavy atom. The zero-order valence-corrected chi connectivity index (χ0v) is 12.0. The third kappa shape index (κ3) is 3.68. The first-order valence-electron chi connectivity index (χ1n) is 6.74. The van der Waals surface area contributed by atoms with E-state index in [2.05, 4.69) is 24.1 Å². The van der Waals surface area contributed by atoms with Crippen LogP contribution in [0, 0.1) is 0 Å². The van der Waals surface area contributed by atoms with Crippen molar-refractivity contribution in [2.75, 3.05) is 11.9 Å². The van der Waals surface area contributed by atoms with E-state index in [1.165, 1.54) is 11.8 Å². The molecule has 1 heterocycles. The van der Waals surface area contributed by atoms with Crippen molar-refractivity contribution in [1.29, 1.82) is 0 Å². The third-order valence-electron chi connectivity index (χ3n) is 3.10. The molecule has 0 bridgehead atoms. The SMILES string of the molecule is CC(C)c1ccc(NC(=O)c2coc(C(N)CO)n2)cc1. The average Bonchev–Trinajstić information content (AvgIpc) is 2.97. The van der Waals surface area contributed by atoms with Crippen LogP contribution < -0.4 is 11.1 Å². The van der Waals surface area contributed by atoms with Crippen molar-refractivity contribution in [2.24, 2.45) is 5.73 Å². The van der Waals surface area contributed by atoms with E-state index in [0.29, 0.717) is 11.6 Å². The third-order valence-corrected chi connectivity index (χ3v) is 3.10. The molecular weight excluding hydrogens is 270 g/mol. The van der Waals surface area contributed by atoms with Gasteiger partial charge in [0.25, 0.3) is 5.91 Å². The minimum Gasteiger partial charge on any atom is -0.446 e. The number of rotatable bonds is 5. The maximum Gasteiger partial charge on any atom is 0.277 e. The van der Waals surface area contributed by atoms with Gasteiger partial charge in [-0.25, -0.2) is 4.98 Å². The first-order valence-corrected chi connectivity index (χ1v) is 6.74. The van der Waals surface area contributed by atoms with Gasteiger partial charge in [-0.2, -0.15) is 0 Å². The highest BCUT2D eigenvalue weighted by Gasteiger charge is 2.16. The van der Waals surface area contributed by atoms with Gasteiger partial charge in [-0.05, 0) is 23.6 Å². The molecule has 1 aromatic heterocycles. The molecule has 0 saturated heterocycles. The molecule has 0 saturated carbocycles. The van der Waals surface area contributed by atoms with E-state index < -0.39 is 6.04 Å². The van der Waals surface area contributed by atoms with Gasteiger partial charge in [0.15, 0.2) is 5.69 Å². The second-order valence-corrected chi connectivity index (χ2v) is 5.09. The fraction of sp³-hybridized carbons (Fsp3) is 0.333. The van der Waals surface area contributed by atoms with Crippen LogP contribution in [0.3, 0.4) is 0 Å². The van der Waals surface area contributed by atoms with E-state index >= 15 is 0 Å². The summed E-state index contributed by atoms with van der Waals surface area (Å²) >= 11 is 0. The summed E-state index contributed by atoms with van der Waals surface area (Å²) < 4.78 is 5.07. The van der Waals surface area contributed by atoms with E-state index in [0.717, 1.165) is 0 Å². The minimum absolute atomic E-state index is 0.127. The molecule has 0 radical (unpaired) electrons. The summed E-state index contributed by atoms with van der Waals surface area (Å²) in [6, 6.07) is 6.89. The number of amides is 1. The number of carbonyl (C=O) groups is 1. The molecule has 112 valence electrons. The van der Waals surface area contributed by atoms with Crippen LogP contribution >= 0.6 is 0 Å². The molecule has 6 nitrogen and oxygen atoms in total. The topological polar surface area (TPSA) is 101 Å². The number of hydrogen-bond acceptors (Lipinski definition) is 5. The van der Waals surface area contributed by atoms with Gasteiger partial charge >= 0.3 is 0 Å². The molecule has 1 atom stereocenters. The van der Waals surface area contributed by atoms with Crippen LogP contribution in [0.2, 0.25) is 0 Å². The van der Waals surface area contributed by atoms with Crippen molar-refractivity contribution in [3.8, 4) is 0 Å². The molecule has 0 aliphatic heterocycles. The van der Waals surface area contributed by atoms with Crippen LogP contribution in [0.4, 0.5) is 5.69 Å². The van der Waals surface area contributed by atoms with Gasteiger partial charge in [0, 0.05) is 5.69 Å². The fourth-order valence-electron chi connectivity index (χ4n) is 1.79. The van der Waals surface area contributed by atoms with E-state index in [1.807, 2.05) is 24.3 Å². The van der Waals surface area contributed by atoms with Crippen LogP contribution in [0.25, 0.3) is 0 Å². The van der Waals surface area contributed by atoms with E-state index in [9.17, 15) is 4.79 Å². The van der Waals surface area contributed by atoms with Crippen LogP contribution in [0.1, 0.15) is 47.7 Å². The monoisotopic (exact) mass is 289 g/mol. The lowest BCUT2D eigenvalue weighted by Crippen LogP contribution is -2.16. The smallest absolute Gasteiger partial charge is 0.277 e. The summed E-state index contributed by atoms with van der Waals surface area (Å²) in [5.41, 5.74) is 7.57. The van der Waals surface area contributed by atoms with Crippen LogP contribution in [-0.4, -0.2) is 22.6 Å². The number of benzene rings is 1. The Morgan fingerprint density at radius 3 is 2.62 bits per heavy atom. The van der Waals surface area contributed by atoms with Crippen molar-refractivity contribution in [2.45, 2.75) is 25.8 Å². The maximum atomic E-state index is 12.0. The Balaban J connectivity index is 2.05. The van der Waals surface area contributed by atoms with Crippen LogP contribution in [0.15, 0.2) is 34.9 Å². The molecule has 1 aromatic carbocycles. The predicted octanol–water partition coefficient (Wildman–Crippen LogP) is 2.04. The summed E-state index contributed by atoms with van der Waals surface area (Å²) in [5, 5.41) is 11.6. The Labute approximate surface area is 123 Å². The normalized spacial score (nSPS) is 12.4. The van der Waals surface area contributed by atoms with Crippen molar-refractivity contribution >= 4 is 11.6 Å². The number of nitrogens with two attached hydrogens (primary N) is 1. The minimum atomic E-state index is -0.725. The van der Waals surface area contributed by atoms with Crippen LogP contribution in [-0.2, 0) is 0 Å². The molecule has 0 aliphatic rings. The van der Waals surface area contributed by atoms with E-state index in [4.69, 9.17) is 15.3 Å².